The van der Waals surface area contributed by atoms with Gasteiger partial charge in [0.25, 0.3) is 0 Å². The number of amides is 1. The molecule has 25 heavy (non-hydrogen) atoms. The van der Waals surface area contributed by atoms with Crippen LogP contribution in [0.5, 0.6) is 0 Å². The van der Waals surface area contributed by atoms with Gasteiger partial charge in [0.1, 0.15) is 0 Å². The number of aromatic nitrogens is 1. The van der Waals surface area contributed by atoms with Crippen LogP contribution in [0.3, 0.4) is 0 Å². The quantitative estimate of drug-likeness (QED) is 0.728. The van der Waals surface area contributed by atoms with Gasteiger partial charge in [0.2, 0.25) is 5.91 Å². The number of anilines is 1. The molecule has 0 bridgehead atoms. The molecular formula is C17H18F3N3OS. The lowest BCUT2D eigenvalue weighted by Gasteiger charge is -2.12. The number of carbonyl (C=O) groups excluding carboxylic acids is 1. The maximum Gasteiger partial charge on any atom is 0.416 e. The van der Waals surface area contributed by atoms with Crippen LogP contribution in [0, 0.1) is 0 Å². The molecular weight excluding hydrogens is 351 g/mol. The van der Waals surface area contributed by atoms with E-state index in [1.165, 1.54) is 17.8 Å². The van der Waals surface area contributed by atoms with Gasteiger partial charge in [-0.1, -0.05) is 6.07 Å². The summed E-state index contributed by atoms with van der Waals surface area (Å²) in [6, 6.07) is 8.96. The fraction of sp³-hybridized carbons (Fsp3) is 0.294. The summed E-state index contributed by atoms with van der Waals surface area (Å²) in [5.41, 5.74) is 5.94. The minimum absolute atomic E-state index is 0.0350. The van der Waals surface area contributed by atoms with E-state index in [0.29, 0.717) is 17.1 Å². The third-order valence-electron chi connectivity index (χ3n) is 3.29. The van der Waals surface area contributed by atoms with Crippen molar-refractivity contribution in [2.45, 2.75) is 24.9 Å². The molecule has 0 aliphatic heterocycles. The molecule has 0 saturated carbocycles. The van der Waals surface area contributed by atoms with Crippen molar-refractivity contribution < 1.29 is 18.0 Å². The number of nitrogens with zero attached hydrogens (tertiary/aromatic N) is 1. The Morgan fingerprint density at radius 1 is 1.24 bits per heavy atom. The van der Waals surface area contributed by atoms with Crippen molar-refractivity contribution in [2.24, 2.45) is 5.73 Å². The molecule has 2 rings (SSSR count). The van der Waals surface area contributed by atoms with Crippen molar-refractivity contribution in [3.8, 4) is 0 Å². The Labute approximate surface area is 148 Å². The highest BCUT2D eigenvalue weighted by Gasteiger charge is 2.31. The van der Waals surface area contributed by atoms with Gasteiger partial charge in [0.15, 0.2) is 0 Å². The smallest absolute Gasteiger partial charge is 0.326 e. The summed E-state index contributed by atoms with van der Waals surface area (Å²) in [6.07, 6.45) is -2.58. The minimum atomic E-state index is -4.48. The van der Waals surface area contributed by atoms with E-state index in [-0.39, 0.29) is 24.6 Å². The first-order chi connectivity index (χ1) is 11.9. The average molecular weight is 369 g/mol. The highest BCUT2D eigenvalue weighted by molar-refractivity contribution is 7.98. The van der Waals surface area contributed by atoms with Crippen LogP contribution in [0.25, 0.3) is 0 Å². The van der Waals surface area contributed by atoms with E-state index in [1.807, 2.05) is 18.2 Å². The van der Waals surface area contributed by atoms with E-state index in [4.69, 9.17) is 5.73 Å². The highest BCUT2D eigenvalue weighted by atomic mass is 32.2. The topological polar surface area (TPSA) is 68.0 Å². The summed E-state index contributed by atoms with van der Waals surface area (Å²) in [5, 5.41) is 2.50. The van der Waals surface area contributed by atoms with E-state index in [0.717, 1.165) is 17.8 Å². The molecule has 0 saturated heterocycles. The Balaban J connectivity index is 1.87. The number of carbonyl (C=O) groups is 1. The standard InChI is InChI=1S/C17H18F3N3OS/c18-17(19,20)13-7-12(10-21)8-15(9-13)23-16(24)4-6-25-11-14-3-1-2-5-22-14/h1-3,5,7-9H,4,6,10-11,21H2,(H,23,24). The summed E-state index contributed by atoms with van der Waals surface area (Å²) in [5.74, 6) is 0.885. The molecule has 0 unspecified atom stereocenters. The van der Waals surface area contributed by atoms with Crippen molar-refractivity contribution in [3.05, 3.63) is 59.4 Å². The van der Waals surface area contributed by atoms with E-state index in [1.54, 1.807) is 6.20 Å². The summed E-state index contributed by atoms with van der Waals surface area (Å²) >= 11 is 1.54. The zero-order valence-electron chi connectivity index (χ0n) is 13.3. The fourth-order valence-electron chi connectivity index (χ4n) is 2.09. The van der Waals surface area contributed by atoms with Gasteiger partial charge in [-0.05, 0) is 35.9 Å². The average Bonchev–Trinajstić information content (AvgIpc) is 2.58. The molecule has 1 aromatic carbocycles. The lowest BCUT2D eigenvalue weighted by molar-refractivity contribution is -0.137. The van der Waals surface area contributed by atoms with Gasteiger partial charge < -0.3 is 11.1 Å². The Hall–Kier alpha value is -2.06. The molecule has 3 N–H and O–H groups in total. The lowest BCUT2D eigenvalue weighted by atomic mass is 10.1. The van der Waals surface area contributed by atoms with E-state index >= 15 is 0 Å². The summed E-state index contributed by atoms with van der Waals surface area (Å²) in [7, 11) is 0. The molecule has 0 radical (unpaired) electrons. The zero-order chi connectivity index (χ0) is 18.3. The Morgan fingerprint density at radius 3 is 2.68 bits per heavy atom. The van der Waals surface area contributed by atoms with Crippen LogP contribution in [0.2, 0.25) is 0 Å². The molecule has 2 aromatic rings. The molecule has 0 aliphatic rings. The largest absolute Gasteiger partial charge is 0.416 e. The Kier molecular flexibility index (Phi) is 6.83. The molecule has 134 valence electrons. The number of benzene rings is 1. The highest BCUT2D eigenvalue weighted by Crippen LogP contribution is 2.32. The monoisotopic (exact) mass is 369 g/mol. The van der Waals surface area contributed by atoms with Gasteiger partial charge in [0, 0.05) is 36.4 Å². The van der Waals surface area contributed by atoms with Crippen molar-refractivity contribution in [2.75, 3.05) is 11.1 Å². The number of nitrogens with two attached hydrogens (primary N) is 1. The molecule has 1 aromatic heterocycles. The zero-order valence-corrected chi connectivity index (χ0v) is 14.2. The second-order valence-corrected chi connectivity index (χ2v) is 6.40. The van der Waals surface area contributed by atoms with Crippen LogP contribution in [-0.2, 0) is 23.3 Å². The maximum atomic E-state index is 12.9. The first-order valence-corrected chi connectivity index (χ1v) is 8.72. The fourth-order valence-corrected chi connectivity index (χ4v) is 2.95. The van der Waals surface area contributed by atoms with Crippen LogP contribution in [0.1, 0.15) is 23.2 Å². The first-order valence-electron chi connectivity index (χ1n) is 7.57. The number of halogens is 3. The number of hydrogen-bond acceptors (Lipinski definition) is 4. The SMILES string of the molecule is NCc1cc(NC(=O)CCSCc2ccccn2)cc(C(F)(F)F)c1. The molecule has 0 fully saturated rings. The number of thioether (sulfide) groups is 1. The molecule has 4 nitrogen and oxygen atoms in total. The molecule has 1 heterocycles. The molecule has 1 amide bonds. The normalized spacial score (nSPS) is 11.4. The van der Waals surface area contributed by atoms with Gasteiger partial charge in [0.05, 0.1) is 11.3 Å². The van der Waals surface area contributed by atoms with Gasteiger partial charge in [-0.2, -0.15) is 24.9 Å². The second kappa shape index (κ2) is 8.87. The van der Waals surface area contributed by atoms with Gasteiger partial charge in [-0.15, -0.1) is 0 Å². The molecule has 0 atom stereocenters. The third-order valence-corrected chi connectivity index (χ3v) is 4.28. The van der Waals surface area contributed by atoms with Crippen molar-refractivity contribution in [1.82, 2.24) is 4.98 Å². The summed E-state index contributed by atoms with van der Waals surface area (Å²) < 4.78 is 38.6. The van der Waals surface area contributed by atoms with Gasteiger partial charge in [-0.25, -0.2) is 0 Å². The Bertz CT molecular complexity index is 708. The van der Waals surface area contributed by atoms with Crippen molar-refractivity contribution >= 4 is 23.4 Å². The number of nitrogens with one attached hydrogen (secondary N) is 1. The first kappa shape index (κ1) is 19.3. The Morgan fingerprint density at radius 2 is 2.04 bits per heavy atom. The van der Waals surface area contributed by atoms with Crippen LogP contribution in [0.15, 0.2) is 42.6 Å². The second-order valence-electron chi connectivity index (χ2n) is 5.29. The van der Waals surface area contributed by atoms with Crippen LogP contribution < -0.4 is 11.1 Å². The number of hydrogen-bond donors (Lipinski definition) is 2. The summed E-state index contributed by atoms with van der Waals surface area (Å²) in [4.78, 5) is 16.1. The van der Waals surface area contributed by atoms with Crippen LogP contribution in [0.4, 0.5) is 18.9 Å². The van der Waals surface area contributed by atoms with Crippen LogP contribution >= 0.6 is 11.8 Å². The van der Waals surface area contributed by atoms with E-state index in [9.17, 15) is 18.0 Å². The minimum Gasteiger partial charge on any atom is -0.326 e. The van der Waals surface area contributed by atoms with Crippen molar-refractivity contribution in [3.63, 3.8) is 0 Å². The number of alkyl halides is 3. The predicted octanol–water partition coefficient (Wildman–Crippen LogP) is 3.82. The third kappa shape index (κ3) is 6.39. The van der Waals surface area contributed by atoms with Gasteiger partial charge in [-0.3, -0.25) is 9.78 Å². The molecule has 0 spiro atoms. The van der Waals surface area contributed by atoms with Gasteiger partial charge >= 0.3 is 6.18 Å². The lowest BCUT2D eigenvalue weighted by Crippen LogP contribution is -2.14. The summed E-state index contributed by atoms with van der Waals surface area (Å²) in [6.45, 7) is -0.0350. The molecule has 0 aliphatic carbocycles. The maximum absolute atomic E-state index is 12.9. The van der Waals surface area contributed by atoms with E-state index in [2.05, 4.69) is 10.3 Å². The van der Waals surface area contributed by atoms with Crippen LogP contribution in [-0.4, -0.2) is 16.6 Å². The molecule has 8 heteroatoms. The van der Waals surface area contributed by atoms with Crippen molar-refractivity contribution in [1.29, 1.82) is 0 Å². The van der Waals surface area contributed by atoms with E-state index < -0.39 is 11.7 Å². The number of pyridine rings is 1. The number of rotatable bonds is 7. The predicted molar refractivity (Wildman–Crippen MR) is 93.0 cm³/mol.